The maximum atomic E-state index is 2.50. The lowest BCUT2D eigenvalue weighted by molar-refractivity contribution is 0.660. The third kappa shape index (κ3) is 4.70. The highest BCUT2D eigenvalue weighted by molar-refractivity contribution is 7.27. The van der Waals surface area contributed by atoms with Gasteiger partial charge in [0.15, 0.2) is 0 Å². The predicted molar refractivity (Wildman–Crippen MR) is 263 cm³/mol. The van der Waals surface area contributed by atoms with Crippen LogP contribution in [0.3, 0.4) is 0 Å². The molecule has 0 radical (unpaired) electrons. The molecule has 0 unspecified atom stereocenters. The molecule has 0 atom stereocenters. The molecule has 11 aromatic rings. The second-order valence-corrected chi connectivity index (χ2v) is 19.4. The average Bonchev–Trinajstić information content (AvgIpc) is 3.87. The Kier molecular flexibility index (Phi) is 7.11. The van der Waals surface area contributed by atoms with Crippen molar-refractivity contribution in [1.29, 1.82) is 0 Å². The summed E-state index contributed by atoms with van der Waals surface area (Å²) in [6, 6.07) is 68.7. The molecule has 1 aromatic heterocycles. The van der Waals surface area contributed by atoms with Crippen molar-refractivity contribution in [3.8, 4) is 55.6 Å². The smallest absolute Gasteiger partial charge is 0.0437 e. The quantitative estimate of drug-likeness (QED) is 0.156. The van der Waals surface area contributed by atoms with Gasteiger partial charge in [0.05, 0.1) is 0 Å². The van der Waals surface area contributed by atoms with Crippen LogP contribution in [0.4, 0.5) is 0 Å². The Labute approximate surface area is 360 Å². The van der Waals surface area contributed by atoms with E-state index in [0.717, 1.165) is 0 Å². The van der Waals surface area contributed by atoms with Gasteiger partial charge in [-0.1, -0.05) is 198 Å². The minimum Gasteiger partial charge on any atom is -0.134 e. The second kappa shape index (κ2) is 12.4. The molecule has 0 saturated carbocycles. The summed E-state index contributed by atoms with van der Waals surface area (Å²) in [5.41, 5.74) is 18.7. The molecule has 10 aromatic carbocycles. The Bertz CT molecular complexity index is 3630. The van der Waals surface area contributed by atoms with Crippen molar-refractivity contribution in [1.82, 2.24) is 0 Å². The predicted octanol–water partition coefficient (Wildman–Crippen LogP) is 17.1. The molecule has 1 heteroatoms. The lowest BCUT2D eigenvalue weighted by Gasteiger charge is -2.23. The highest BCUT2D eigenvalue weighted by Gasteiger charge is 2.39. The summed E-state index contributed by atoms with van der Waals surface area (Å²) >= 11 is 1.98. The number of thiophene rings is 1. The fourth-order valence-electron chi connectivity index (χ4n) is 11.6. The van der Waals surface area contributed by atoms with Crippen LogP contribution < -0.4 is 0 Å². The molecular formula is C60H42S. The van der Waals surface area contributed by atoms with E-state index in [1.165, 1.54) is 130 Å². The van der Waals surface area contributed by atoms with Crippen molar-refractivity contribution in [2.75, 3.05) is 0 Å². The largest absolute Gasteiger partial charge is 0.134 e. The summed E-state index contributed by atoms with van der Waals surface area (Å²) in [6.07, 6.45) is 0. The monoisotopic (exact) mass is 794 g/mol. The Hall–Kier alpha value is -6.80. The minimum atomic E-state index is -0.149. The molecule has 2 aliphatic carbocycles. The van der Waals surface area contributed by atoms with E-state index in [0.29, 0.717) is 0 Å². The zero-order chi connectivity index (χ0) is 40.8. The molecule has 288 valence electrons. The van der Waals surface area contributed by atoms with E-state index in [4.69, 9.17) is 0 Å². The van der Waals surface area contributed by atoms with Crippen LogP contribution in [0.1, 0.15) is 49.9 Å². The number of benzene rings is 10. The van der Waals surface area contributed by atoms with E-state index < -0.39 is 0 Å². The van der Waals surface area contributed by atoms with E-state index in [1.54, 1.807) is 0 Å². The van der Waals surface area contributed by atoms with E-state index in [2.05, 4.69) is 210 Å². The van der Waals surface area contributed by atoms with Crippen LogP contribution in [-0.2, 0) is 10.8 Å². The van der Waals surface area contributed by atoms with Crippen molar-refractivity contribution in [2.24, 2.45) is 0 Å². The van der Waals surface area contributed by atoms with E-state index >= 15 is 0 Å². The van der Waals surface area contributed by atoms with Gasteiger partial charge in [-0.2, -0.15) is 0 Å². The zero-order valence-electron chi connectivity index (χ0n) is 34.7. The van der Waals surface area contributed by atoms with E-state index in [-0.39, 0.29) is 10.8 Å². The summed E-state index contributed by atoms with van der Waals surface area (Å²) in [7, 11) is 0. The zero-order valence-corrected chi connectivity index (χ0v) is 35.5. The van der Waals surface area contributed by atoms with Gasteiger partial charge in [0.1, 0.15) is 0 Å². The van der Waals surface area contributed by atoms with Gasteiger partial charge in [-0.3, -0.25) is 0 Å². The molecule has 0 bridgehead atoms. The molecule has 0 nitrogen and oxygen atoms in total. The van der Waals surface area contributed by atoms with Gasteiger partial charge in [-0.15, -0.1) is 11.3 Å². The first kappa shape index (κ1) is 35.0. The molecule has 0 aliphatic heterocycles. The normalized spacial score (nSPS) is 14.5. The number of rotatable bonds is 3. The lowest BCUT2D eigenvalue weighted by Crippen LogP contribution is -2.15. The Morgan fingerprint density at radius 1 is 0.311 bits per heavy atom. The van der Waals surface area contributed by atoms with Gasteiger partial charge in [-0.05, 0) is 117 Å². The Balaban J connectivity index is 0.971. The van der Waals surface area contributed by atoms with Gasteiger partial charge < -0.3 is 0 Å². The molecule has 13 rings (SSSR count). The lowest BCUT2D eigenvalue weighted by atomic mass is 9.80. The molecular weight excluding hydrogens is 753 g/mol. The topological polar surface area (TPSA) is 0 Å². The highest BCUT2D eigenvalue weighted by atomic mass is 32.1. The molecule has 0 amide bonds. The van der Waals surface area contributed by atoms with Gasteiger partial charge in [0.25, 0.3) is 0 Å². The third-order valence-electron chi connectivity index (χ3n) is 14.4. The van der Waals surface area contributed by atoms with Crippen LogP contribution in [0.2, 0.25) is 0 Å². The second-order valence-electron chi connectivity index (χ2n) is 18.3. The average molecular weight is 795 g/mol. The number of hydrogen-bond acceptors (Lipinski definition) is 1. The van der Waals surface area contributed by atoms with Crippen molar-refractivity contribution in [2.45, 2.75) is 38.5 Å². The minimum absolute atomic E-state index is 0.0788. The summed E-state index contributed by atoms with van der Waals surface area (Å²) in [4.78, 5) is 0. The summed E-state index contributed by atoms with van der Waals surface area (Å²) < 4.78 is 2.77. The first-order valence-corrected chi connectivity index (χ1v) is 22.4. The van der Waals surface area contributed by atoms with Crippen molar-refractivity contribution >= 4 is 63.8 Å². The van der Waals surface area contributed by atoms with Gasteiger partial charge in [0, 0.05) is 36.6 Å². The van der Waals surface area contributed by atoms with Crippen molar-refractivity contribution in [3.05, 3.63) is 204 Å². The molecule has 2 aliphatic rings. The molecule has 0 N–H and O–H groups in total. The maximum absolute atomic E-state index is 2.50. The first-order chi connectivity index (χ1) is 29.8. The van der Waals surface area contributed by atoms with Crippen molar-refractivity contribution in [3.63, 3.8) is 0 Å². The summed E-state index contributed by atoms with van der Waals surface area (Å²) in [6.45, 7) is 9.64. The van der Waals surface area contributed by atoms with Gasteiger partial charge in [0.2, 0.25) is 0 Å². The fourth-order valence-corrected chi connectivity index (χ4v) is 13.0. The third-order valence-corrected chi connectivity index (χ3v) is 15.7. The van der Waals surface area contributed by atoms with Crippen LogP contribution in [0.5, 0.6) is 0 Å². The van der Waals surface area contributed by atoms with E-state index in [1.807, 2.05) is 11.3 Å². The molecule has 0 fully saturated rings. The number of hydrogen-bond donors (Lipinski definition) is 0. The highest BCUT2D eigenvalue weighted by Crippen LogP contribution is 2.57. The van der Waals surface area contributed by atoms with Crippen LogP contribution in [0, 0.1) is 0 Å². The number of fused-ring (bicyclic) bond motifs is 14. The first-order valence-electron chi connectivity index (χ1n) is 21.6. The molecule has 61 heavy (non-hydrogen) atoms. The Morgan fingerprint density at radius 2 is 0.902 bits per heavy atom. The van der Waals surface area contributed by atoms with E-state index in [9.17, 15) is 0 Å². The summed E-state index contributed by atoms with van der Waals surface area (Å²) in [5, 5.41) is 10.5. The standard InChI is InChI=1S/C60H42S/c1-59(2)50-31-27-37(40-23-14-24-46-47-30-32-51-55(58(47)61-57(40)46)48-29-25-35-15-8-9-18-39(35)56(48)60(51,3)4)33-49(50)41-28-26-38(34-52(41)59)54-44-21-12-10-19-42(44)53(36-16-6-5-7-17-36)43-20-11-13-22-45(43)54/h5-34H,1-4H3. The molecule has 1 heterocycles. The van der Waals surface area contributed by atoms with Crippen LogP contribution in [-0.4, -0.2) is 0 Å². The maximum Gasteiger partial charge on any atom is 0.0437 e. The van der Waals surface area contributed by atoms with Crippen LogP contribution in [0.25, 0.3) is 108 Å². The van der Waals surface area contributed by atoms with Crippen LogP contribution >= 0.6 is 11.3 Å². The fraction of sp³-hybridized carbons (Fsp3) is 0.100. The molecule has 0 spiro atoms. The SMILES string of the molecule is CC1(C)c2ccc(-c3cccc4c3sc3c5c(ccc34)C(C)(C)c3c-5ccc4ccccc34)cc2-c2ccc(-c3c4ccccc4c(-c4ccccc4)c4ccccc34)cc21. The molecule has 0 saturated heterocycles. The van der Waals surface area contributed by atoms with Gasteiger partial charge >= 0.3 is 0 Å². The summed E-state index contributed by atoms with van der Waals surface area (Å²) in [5.74, 6) is 0. The van der Waals surface area contributed by atoms with Crippen molar-refractivity contribution < 1.29 is 0 Å². The van der Waals surface area contributed by atoms with Gasteiger partial charge in [-0.25, -0.2) is 0 Å². The van der Waals surface area contributed by atoms with Crippen LogP contribution in [0.15, 0.2) is 182 Å². The Morgan fingerprint density at radius 3 is 1.64 bits per heavy atom.